The van der Waals surface area contributed by atoms with Crippen LogP contribution in [0.4, 0.5) is 5.69 Å². The monoisotopic (exact) mass is 348 g/mol. The van der Waals surface area contributed by atoms with Gasteiger partial charge in [0.15, 0.2) is 0 Å². The van der Waals surface area contributed by atoms with E-state index in [4.69, 9.17) is 11.6 Å². The number of fused-ring (bicyclic) bond motifs is 1. The maximum Gasteiger partial charge on any atom is 0.258 e. The molecule has 0 aliphatic heterocycles. The topological polar surface area (TPSA) is 59.8 Å². The van der Waals surface area contributed by atoms with Gasteiger partial charge < -0.3 is 5.32 Å². The number of nitrogens with one attached hydrogen (secondary N) is 1. The summed E-state index contributed by atoms with van der Waals surface area (Å²) in [5.41, 5.74) is 2.70. The van der Waals surface area contributed by atoms with Gasteiger partial charge in [0, 0.05) is 11.6 Å². The summed E-state index contributed by atoms with van der Waals surface area (Å²) in [5, 5.41) is 8.54. The molecule has 0 saturated carbocycles. The minimum Gasteiger partial charge on any atom is -0.320 e. The van der Waals surface area contributed by atoms with Crippen molar-refractivity contribution >= 4 is 34.1 Å². The summed E-state index contributed by atoms with van der Waals surface area (Å²) in [7, 11) is 0. The van der Waals surface area contributed by atoms with E-state index in [-0.39, 0.29) is 11.1 Å². The normalized spacial score (nSPS) is 10.8. The van der Waals surface area contributed by atoms with Gasteiger partial charge in [-0.2, -0.15) is 5.10 Å². The molecule has 0 spiro atoms. The van der Waals surface area contributed by atoms with Crippen molar-refractivity contribution in [2.75, 3.05) is 5.32 Å². The molecule has 0 aliphatic rings. The fourth-order valence-electron chi connectivity index (χ4n) is 2.67. The lowest BCUT2D eigenvalue weighted by Gasteiger charge is -2.12. The number of aromatic nitrogens is 3. The van der Waals surface area contributed by atoms with Crippen LogP contribution in [0.15, 0.2) is 73.1 Å². The number of amides is 1. The molecule has 2 aromatic carbocycles. The summed E-state index contributed by atoms with van der Waals surface area (Å²) in [6.45, 7) is 0. The van der Waals surface area contributed by atoms with Crippen LogP contribution in [0.5, 0.6) is 0 Å². The van der Waals surface area contributed by atoms with Crippen molar-refractivity contribution in [1.82, 2.24) is 14.8 Å². The van der Waals surface area contributed by atoms with Crippen molar-refractivity contribution in [2.45, 2.75) is 0 Å². The van der Waals surface area contributed by atoms with E-state index in [9.17, 15) is 4.79 Å². The van der Waals surface area contributed by atoms with Crippen LogP contribution in [0.25, 0.3) is 16.6 Å². The fraction of sp³-hybridized carbons (Fsp3) is 0. The van der Waals surface area contributed by atoms with Gasteiger partial charge in [-0.3, -0.25) is 4.79 Å². The number of hydrogen-bond donors (Lipinski definition) is 1. The molecule has 0 fully saturated rings. The van der Waals surface area contributed by atoms with Crippen LogP contribution in [-0.2, 0) is 0 Å². The predicted octanol–water partition coefficient (Wildman–Crippen LogP) is 4.33. The van der Waals surface area contributed by atoms with Crippen molar-refractivity contribution in [2.24, 2.45) is 0 Å². The number of para-hydroxylation sites is 3. The number of rotatable bonds is 3. The molecule has 4 aromatic rings. The molecule has 1 amide bonds. The number of benzene rings is 2. The predicted molar refractivity (Wildman–Crippen MR) is 98.3 cm³/mol. The Morgan fingerprint density at radius 2 is 1.80 bits per heavy atom. The largest absolute Gasteiger partial charge is 0.320 e. The third-order valence-electron chi connectivity index (χ3n) is 3.86. The minimum absolute atomic E-state index is 0.169. The average molecular weight is 349 g/mol. The lowest BCUT2D eigenvalue weighted by Crippen LogP contribution is -2.15. The second-order valence-electron chi connectivity index (χ2n) is 5.43. The summed E-state index contributed by atoms with van der Waals surface area (Å²) < 4.78 is 1.80. The molecule has 6 heteroatoms. The van der Waals surface area contributed by atoms with Crippen molar-refractivity contribution in [1.29, 1.82) is 0 Å². The first-order valence-corrected chi connectivity index (χ1v) is 8.06. The number of halogens is 1. The highest BCUT2D eigenvalue weighted by Gasteiger charge is 2.14. The summed E-state index contributed by atoms with van der Waals surface area (Å²) in [5.74, 6) is -0.318. The number of nitrogens with zero attached hydrogens (tertiary/aromatic N) is 3. The molecule has 0 saturated heterocycles. The van der Waals surface area contributed by atoms with Gasteiger partial charge in [-0.25, -0.2) is 9.67 Å². The summed E-state index contributed by atoms with van der Waals surface area (Å²) in [6, 6.07) is 18.7. The van der Waals surface area contributed by atoms with Crippen LogP contribution >= 0.6 is 11.6 Å². The number of hydrogen-bond acceptors (Lipinski definition) is 3. The lowest BCUT2D eigenvalue weighted by molar-refractivity contribution is 0.102. The van der Waals surface area contributed by atoms with Crippen molar-refractivity contribution in [3.63, 3.8) is 0 Å². The fourth-order valence-corrected chi connectivity index (χ4v) is 2.88. The molecular formula is C19H13ClN4O. The van der Waals surface area contributed by atoms with E-state index in [1.807, 2.05) is 48.5 Å². The van der Waals surface area contributed by atoms with Crippen LogP contribution in [0.3, 0.4) is 0 Å². The van der Waals surface area contributed by atoms with Crippen LogP contribution in [0, 0.1) is 0 Å². The molecular weight excluding hydrogens is 336 g/mol. The van der Waals surface area contributed by atoms with Crippen molar-refractivity contribution in [3.05, 3.63) is 83.8 Å². The minimum atomic E-state index is -0.318. The van der Waals surface area contributed by atoms with Crippen LogP contribution in [0.2, 0.25) is 5.15 Å². The number of carbonyl (C=O) groups excluding carboxylic acids is 1. The average Bonchev–Trinajstić information content (AvgIpc) is 3.06. The smallest absolute Gasteiger partial charge is 0.258 e. The standard InChI is InChI=1S/C19H13ClN4O/c20-18-14(7-5-11-21-18)19(25)23-15-8-2-4-10-17(15)24-16-9-3-1-6-13(16)12-22-24/h1-12H,(H,23,25). The van der Waals surface area contributed by atoms with E-state index >= 15 is 0 Å². The van der Waals surface area contributed by atoms with E-state index in [2.05, 4.69) is 15.4 Å². The Hall–Kier alpha value is -3.18. The Balaban J connectivity index is 1.75. The van der Waals surface area contributed by atoms with Gasteiger partial charge in [0.1, 0.15) is 5.15 Å². The van der Waals surface area contributed by atoms with Gasteiger partial charge in [0.2, 0.25) is 0 Å². The number of pyridine rings is 1. The van der Waals surface area contributed by atoms with Gasteiger partial charge in [0.25, 0.3) is 5.91 Å². The summed E-state index contributed by atoms with van der Waals surface area (Å²) in [6.07, 6.45) is 3.34. The molecule has 25 heavy (non-hydrogen) atoms. The molecule has 2 heterocycles. The van der Waals surface area contributed by atoms with E-state index < -0.39 is 0 Å². The molecule has 0 unspecified atom stereocenters. The molecule has 0 radical (unpaired) electrons. The SMILES string of the molecule is O=C(Nc1ccccc1-n1ncc2ccccc21)c1cccnc1Cl. The molecule has 2 aromatic heterocycles. The van der Waals surface area contributed by atoms with Gasteiger partial charge in [-0.15, -0.1) is 0 Å². The first kappa shape index (κ1) is 15.4. The zero-order valence-corrected chi connectivity index (χ0v) is 13.8. The van der Waals surface area contributed by atoms with Crippen molar-refractivity contribution < 1.29 is 4.79 Å². The Labute approximate surface area is 148 Å². The molecule has 0 aliphatic carbocycles. The summed E-state index contributed by atoms with van der Waals surface area (Å²) >= 11 is 6.01. The van der Waals surface area contributed by atoms with Gasteiger partial charge in [-0.1, -0.05) is 41.9 Å². The zero-order valence-electron chi connectivity index (χ0n) is 13.1. The second-order valence-corrected chi connectivity index (χ2v) is 5.79. The molecule has 4 rings (SSSR count). The Morgan fingerprint density at radius 3 is 2.68 bits per heavy atom. The highest BCUT2D eigenvalue weighted by Crippen LogP contribution is 2.25. The number of carbonyl (C=O) groups is 1. The highest BCUT2D eigenvalue weighted by atomic mass is 35.5. The number of anilines is 1. The Kier molecular flexibility index (Phi) is 3.91. The maximum atomic E-state index is 12.6. The molecule has 0 bridgehead atoms. The van der Waals surface area contributed by atoms with E-state index in [1.165, 1.54) is 0 Å². The van der Waals surface area contributed by atoms with Crippen molar-refractivity contribution in [3.8, 4) is 5.69 Å². The van der Waals surface area contributed by atoms with Crippen LogP contribution in [-0.4, -0.2) is 20.7 Å². The quantitative estimate of drug-likeness (QED) is 0.561. The highest BCUT2D eigenvalue weighted by molar-refractivity contribution is 6.33. The Morgan fingerprint density at radius 1 is 1.00 bits per heavy atom. The third kappa shape index (κ3) is 2.86. The third-order valence-corrected chi connectivity index (χ3v) is 4.16. The lowest BCUT2D eigenvalue weighted by atomic mass is 10.2. The molecule has 0 atom stereocenters. The van der Waals surface area contributed by atoms with Gasteiger partial charge in [0.05, 0.1) is 28.7 Å². The molecule has 5 nitrogen and oxygen atoms in total. The van der Waals surface area contributed by atoms with Gasteiger partial charge in [-0.05, 0) is 30.3 Å². The second kappa shape index (κ2) is 6.37. The first-order valence-electron chi connectivity index (χ1n) is 7.68. The van der Waals surface area contributed by atoms with Gasteiger partial charge >= 0.3 is 0 Å². The van der Waals surface area contributed by atoms with E-state index in [1.54, 1.807) is 29.2 Å². The first-order chi connectivity index (χ1) is 12.2. The van der Waals surface area contributed by atoms with E-state index in [0.717, 1.165) is 16.6 Å². The molecule has 1 N–H and O–H groups in total. The van der Waals surface area contributed by atoms with E-state index in [0.29, 0.717) is 11.3 Å². The molecule has 122 valence electrons. The maximum absolute atomic E-state index is 12.6. The summed E-state index contributed by atoms with van der Waals surface area (Å²) in [4.78, 5) is 16.5. The zero-order chi connectivity index (χ0) is 17.2. The van der Waals surface area contributed by atoms with Crippen LogP contribution in [0.1, 0.15) is 10.4 Å². The van der Waals surface area contributed by atoms with Crippen LogP contribution < -0.4 is 5.32 Å². The Bertz CT molecular complexity index is 1070.